The largest absolute Gasteiger partial charge is 0.497 e. The molecule has 0 saturated carbocycles. The molecule has 2 unspecified atom stereocenters. The maximum Gasteiger partial charge on any atom is 0.259 e. The lowest BCUT2D eigenvalue weighted by atomic mass is 9.89. The summed E-state index contributed by atoms with van der Waals surface area (Å²) in [5.41, 5.74) is 2.57. The number of hydrogen-bond acceptors (Lipinski definition) is 4. The highest BCUT2D eigenvalue weighted by molar-refractivity contribution is 6.05. The highest BCUT2D eigenvalue weighted by atomic mass is 16.5. The van der Waals surface area contributed by atoms with Gasteiger partial charge in [0.2, 0.25) is 0 Å². The van der Waals surface area contributed by atoms with E-state index in [9.17, 15) is 9.90 Å². The number of rotatable bonds is 4. The van der Waals surface area contributed by atoms with Gasteiger partial charge < -0.3 is 14.6 Å². The van der Waals surface area contributed by atoms with Crippen LogP contribution < -0.4 is 14.4 Å². The monoisotopic (exact) mass is 313 g/mol. The molecule has 1 aliphatic heterocycles. The van der Waals surface area contributed by atoms with E-state index in [4.69, 9.17) is 9.47 Å². The molecular weight excluding hydrogens is 294 g/mol. The molecule has 0 spiro atoms. The van der Waals surface area contributed by atoms with E-state index >= 15 is 0 Å². The second-order valence-corrected chi connectivity index (χ2v) is 5.58. The predicted molar refractivity (Wildman–Crippen MR) is 87.0 cm³/mol. The first-order chi connectivity index (χ1) is 11.0. The van der Waals surface area contributed by atoms with Gasteiger partial charge in [-0.25, -0.2) is 0 Å². The van der Waals surface area contributed by atoms with Crippen molar-refractivity contribution in [1.82, 2.24) is 0 Å². The number of methoxy groups -OCH3 is 2. The van der Waals surface area contributed by atoms with Gasteiger partial charge in [0.15, 0.2) is 6.10 Å². The van der Waals surface area contributed by atoms with Crippen LogP contribution in [-0.2, 0) is 4.79 Å². The molecule has 1 aliphatic rings. The van der Waals surface area contributed by atoms with Gasteiger partial charge in [0.25, 0.3) is 5.91 Å². The summed E-state index contributed by atoms with van der Waals surface area (Å²) in [5, 5.41) is 10.1. The van der Waals surface area contributed by atoms with Gasteiger partial charge in [0.1, 0.15) is 11.5 Å². The van der Waals surface area contributed by atoms with Crippen molar-refractivity contribution in [3.8, 4) is 11.5 Å². The molecule has 1 saturated heterocycles. The Balaban J connectivity index is 1.96. The van der Waals surface area contributed by atoms with Gasteiger partial charge in [0, 0.05) is 11.8 Å². The third-order valence-electron chi connectivity index (χ3n) is 4.07. The number of aryl methyl sites for hydroxylation is 1. The molecule has 1 amide bonds. The van der Waals surface area contributed by atoms with Crippen LogP contribution in [-0.4, -0.2) is 31.3 Å². The third-order valence-corrected chi connectivity index (χ3v) is 4.07. The van der Waals surface area contributed by atoms with Crippen LogP contribution in [0.1, 0.15) is 17.2 Å². The molecule has 120 valence electrons. The zero-order chi connectivity index (χ0) is 16.6. The van der Waals surface area contributed by atoms with E-state index in [1.165, 1.54) is 0 Å². The Morgan fingerprint density at radius 3 is 2.26 bits per heavy atom. The first-order valence-corrected chi connectivity index (χ1v) is 7.36. The topological polar surface area (TPSA) is 59.0 Å². The fourth-order valence-corrected chi connectivity index (χ4v) is 2.88. The van der Waals surface area contributed by atoms with E-state index in [-0.39, 0.29) is 5.91 Å². The lowest BCUT2D eigenvalue weighted by Gasteiger charge is -2.44. The summed E-state index contributed by atoms with van der Waals surface area (Å²) < 4.78 is 10.4. The minimum absolute atomic E-state index is 0.307. The Bertz CT molecular complexity index is 726. The SMILES string of the molecule is COc1ccc(C2C(O)C(=O)N2c2cc(C)cc(OC)c2)cc1. The maximum atomic E-state index is 12.2. The highest BCUT2D eigenvalue weighted by Crippen LogP contribution is 2.40. The van der Waals surface area contributed by atoms with Crippen LogP contribution in [0.25, 0.3) is 0 Å². The molecule has 0 aromatic heterocycles. The van der Waals surface area contributed by atoms with Crippen molar-refractivity contribution in [3.05, 3.63) is 53.6 Å². The van der Waals surface area contributed by atoms with Crippen LogP contribution in [0, 0.1) is 6.92 Å². The summed E-state index contributed by atoms with van der Waals surface area (Å²) in [6.45, 7) is 1.94. The molecule has 2 aromatic carbocycles. The summed E-state index contributed by atoms with van der Waals surface area (Å²) in [5.74, 6) is 1.11. The highest BCUT2D eigenvalue weighted by Gasteiger charge is 2.48. The van der Waals surface area contributed by atoms with Crippen LogP contribution in [0.2, 0.25) is 0 Å². The van der Waals surface area contributed by atoms with E-state index in [0.717, 1.165) is 22.6 Å². The van der Waals surface area contributed by atoms with Crippen molar-refractivity contribution in [2.45, 2.75) is 19.1 Å². The summed E-state index contributed by atoms with van der Waals surface area (Å²) in [6, 6.07) is 12.6. The van der Waals surface area contributed by atoms with Gasteiger partial charge in [-0.1, -0.05) is 12.1 Å². The Morgan fingerprint density at radius 1 is 1.00 bits per heavy atom. The smallest absolute Gasteiger partial charge is 0.259 e. The number of β-lactam (4-membered cyclic amide) rings is 1. The van der Waals surface area contributed by atoms with Crippen molar-refractivity contribution >= 4 is 11.6 Å². The van der Waals surface area contributed by atoms with Gasteiger partial charge in [-0.05, 0) is 42.3 Å². The van der Waals surface area contributed by atoms with E-state index in [1.807, 2.05) is 43.3 Å². The summed E-state index contributed by atoms with van der Waals surface area (Å²) >= 11 is 0. The van der Waals surface area contributed by atoms with Crippen molar-refractivity contribution in [2.24, 2.45) is 0 Å². The maximum absolute atomic E-state index is 12.2. The molecular formula is C18H19NO4. The first kappa shape index (κ1) is 15.4. The minimum atomic E-state index is -1.03. The molecule has 1 fully saturated rings. The number of hydrogen-bond donors (Lipinski definition) is 1. The Morgan fingerprint density at radius 2 is 1.65 bits per heavy atom. The van der Waals surface area contributed by atoms with Crippen LogP contribution >= 0.6 is 0 Å². The first-order valence-electron chi connectivity index (χ1n) is 7.36. The molecule has 0 radical (unpaired) electrons. The number of carbonyl (C=O) groups excluding carboxylic acids is 1. The average molecular weight is 313 g/mol. The van der Waals surface area contributed by atoms with Crippen LogP contribution in [0.3, 0.4) is 0 Å². The van der Waals surface area contributed by atoms with E-state index in [1.54, 1.807) is 25.2 Å². The number of nitrogens with zero attached hydrogens (tertiary/aromatic N) is 1. The third kappa shape index (κ3) is 2.64. The van der Waals surface area contributed by atoms with Gasteiger partial charge in [-0.2, -0.15) is 0 Å². The molecule has 5 nitrogen and oxygen atoms in total. The molecule has 3 rings (SSSR count). The minimum Gasteiger partial charge on any atom is -0.497 e. The summed E-state index contributed by atoms with van der Waals surface area (Å²) in [6.07, 6.45) is -1.03. The van der Waals surface area contributed by atoms with Gasteiger partial charge >= 0.3 is 0 Å². The van der Waals surface area contributed by atoms with Crippen molar-refractivity contribution in [2.75, 3.05) is 19.1 Å². The number of aliphatic hydroxyl groups excluding tert-OH is 1. The van der Waals surface area contributed by atoms with Gasteiger partial charge in [-0.15, -0.1) is 0 Å². The lowest BCUT2D eigenvalue weighted by molar-refractivity contribution is -0.137. The van der Waals surface area contributed by atoms with E-state index in [0.29, 0.717) is 5.75 Å². The Kier molecular flexibility index (Phi) is 3.96. The van der Waals surface area contributed by atoms with Gasteiger partial charge in [-0.3, -0.25) is 9.69 Å². The average Bonchev–Trinajstić information content (AvgIpc) is 2.58. The fraction of sp³-hybridized carbons (Fsp3) is 0.278. The normalized spacial score (nSPS) is 20.2. The fourth-order valence-electron chi connectivity index (χ4n) is 2.88. The number of carbonyl (C=O) groups is 1. The zero-order valence-corrected chi connectivity index (χ0v) is 13.3. The van der Waals surface area contributed by atoms with Crippen LogP contribution in [0.4, 0.5) is 5.69 Å². The summed E-state index contributed by atoms with van der Waals surface area (Å²) in [4.78, 5) is 13.8. The number of amides is 1. The van der Waals surface area contributed by atoms with Crippen molar-refractivity contribution in [1.29, 1.82) is 0 Å². The van der Waals surface area contributed by atoms with Crippen LogP contribution in [0.15, 0.2) is 42.5 Å². The predicted octanol–water partition coefficient (Wildman–Crippen LogP) is 2.46. The van der Waals surface area contributed by atoms with Crippen molar-refractivity contribution in [3.63, 3.8) is 0 Å². The molecule has 23 heavy (non-hydrogen) atoms. The Labute approximate surface area is 135 Å². The zero-order valence-electron chi connectivity index (χ0n) is 13.3. The number of ether oxygens (including phenoxy) is 2. The van der Waals surface area contributed by atoms with E-state index in [2.05, 4.69) is 0 Å². The second-order valence-electron chi connectivity index (χ2n) is 5.58. The van der Waals surface area contributed by atoms with Gasteiger partial charge in [0.05, 0.1) is 20.3 Å². The standard InChI is InChI=1S/C18H19NO4/c1-11-8-13(10-15(9-11)23-3)19-16(17(20)18(19)21)12-4-6-14(22-2)7-5-12/h4-10,16-17,20H,1-3H3. The number of benzene rings is 2. The summed E-state index contributed by atoms with van der Waals surface area (Å²) in [7, 11) is 3.19. The van der Waals surface area contributed by atoms with Crippen LogP contribution in [0.5, 0.6) is 11.5 Å². The van der Waals surface area contributed by atoms with E-state index < -0.39 is 12.1 Å². The lowest BCUT2D eigenvalue weighted by Crippen LogP contribution is -2.59. The van der Waals surface area contributed by atoms with Crippen molar-refractivity contribution < 1.29 is 19.4 Å². The molecule has 2 aromatic rings. The molecule has 1 N–H and O–H groups in total. The number of aliphatic hydroxyl groups is 1. The molecule has 1 heterocycles. The molecule has 5 heteroatoms. The second kappa shape index (κ2) is 5.93. The number of anilines is 1. The quantitative estimate of drug-likeness (QED) is 0.881. The molecule has 0 aliphatic carbocycles. The molecule has 2 atom stereocenters. The molecule has 0 bridgehead atoms. The Hall–Kier alpha value is -2.53.